The van der Waals surface area contributed by atoms with E-state index in [9.17, 15) is 5.11 Å². The normalized spacial score (nSPS) is 11.9. The molecule has 20 heavy (non-hydrogen) atoms. The van der Waals surface area contributed by atoms with E-state index < -0.39 is 6.10 Å². The van der Waals surface area contributed by atoms with Crippen LogP contribution in [0.2, 0.25) is 0 Å². The molecule has 106 valence electrons. The fourth-order valence-electron chi connectivity index (χ4n) is 1.99. The highest BCUT2D eigenvalue weighted by Crippen LogP contribution is 2.32. The third-order valence-electron chi connectivity index (χ3n) is 3.01. The Morgan fingerprint density at radius 3 is 2.50 bits per heavy atom. The summed E-state index contributed by atoms with van der Waals surface area (Å²) in [6.45, 7) is 4.51. The molecule has 0 aromatic heterocycles. The van der Waals surface area contributed by atoms with Crippen molar-refractivity contribution in [2.45, 2.75) is 26.4 Å². The summed E-state index contributed by atoms with van der Waals surface area (Å²) in [5, 5.41) is 10.0. The molecule has 3 nitrogen and oxygen atoms in total. The van der Waals surface area contributed by atoms with Gasteiger partial charge in [0, 0.05) is 11.6 Å². The molecule has 3 heteroatoms. The van der Waals surface area contributed by atoms with Crippen LogP contribution in [-0.2, 0) is 0 Å². The Kier molecular flexibility index (Phi) is 5.02. The van der Waals surface area contributed by atoms with Crippen molar-refractivity contribution in [2.24, 2.45) is 0 Å². The highest BCUT2D eigenvalue weighted by atomic mass is 16.5. The Morgan fingerprint density at radius 1 is 1.00 bits per heavy atom. The first-order valence-corrected chi connectivity index (χ1v) is 6.92. The SMILES string of the molecule is CCOc1cccc(Oc2ccccc2[C@@H](O)CC)c1. The van der Waals surface area contributed by atoms with Crippen molar-refractivity contribution in [3.8, 4) is 17.2 Å². The summed E-state index contributed by atoms with van der Waals surface area (Å²) >= 11 is 0. The lowest BCUT2D eigenvalue weighted by atomic mass is 10.1. The average molecular weight is 272 g/mol. The summed E-state index contributed by atoms with van der Waals surface area (Å²) in [5.74, 6) is 2.15. The standard InChI is InChI=1S/C17H20O3/c1-3-16(18)15-10-5-6-11-17(15)20-14-9-7-8-13(12-14)19-4-2/h5-12,16,18H,3-4H2,1-2H3/t16-/m0/s1. The predicted molar refractivity (Wildman–Crippen MR) is 79.4 cm³/mol. The van der Waals surface area contributed by atoms with Gasteiger partial charge in [-0.25, -0.2) is 0 Å². The molecule has 0 amide bonds. The minimum Gasteiger partial charge on any atom is -0.494 e. The topological polar surface area (TPSA) is 38.7 Å². The zero-order valence-electron chi connectivity index (χ0n) is 11.9. The van der Waals surface area contributed by atoms with Crippen LogP contribution in [0.25, 0.3) is 0 Å². The van der Waals surface area contributed by atoms with Crippen molar-refractivity contribution in [2.75, 3.05) is 6.61 Å². The predicted octanol–water partition coefficient (Wildman–Crippen LogP) is 4.32. The summed E-state index contributed by atoms with van der Waals surface area (Å²) in [5.41, 5.74) is 0.803. The lowest BCUT2D eigenvalue weighted by Gasteiger charge is -2.15. The average Bonchev–Trinajstić information content (AvgIpc) is 2.48. The molecule has 1 N–H and O–H groups in total. The molecule has 0 bridgehead atoms. The van der Waals surface area contributed by atoms with E-state index in [1.54, 1.807) is 0 Å². The van der Waals surface area contributed by atoms with Gasteiger partial charge in [-0.2, -0.15) is 0 Å². The second-order valence-electron chi connectivity index (χ2n) is 4.47. The molecule has 0 saturated carbocycles. The van der Waals surface area contributed by atoms with Gasteiger partial charge in [-0.05, 0) is 31.5 Å². The molecule has 0 saturated heterocycles. The van der Waals surface area contributed by atoms with Gasteiger partial charge in [-0.15, -0.1) is 0 Å². The maximum atomic E-state index is 10.0. The van der Waals surface area contributed by atoms with E-state index in [1.807, 2.05) is 62.4 Å². The zero-order chi connectivity index (χ0) is 14.4. The molecule has 1 atom stereocenters. The minimum atomic E-state index is -0.513. The highest BCUT2D eigenvalue weighted by molar-refractivity contribution is 5.41. The van der Waals surface area contributed by atoms with E-state index in [1.165, 1.54) is 0 Å². The Balaban J connectivity index is 2.23. The van der Waals surface area contributed by atoms with Crippen LogP contribution < -0.4 is 9.47 Å². The van der Waals surface area contributed by atoms with Crippen LogP contribution in [-0.4, -0.2) is 11.7 Å². The first-order valence-electron chi connectivity index (χ1n) is 6.92. The second-order valence-corrected chi connectivity index (χ2v) is 4.47. The first kappa shape index (κ1) is 14.4. The fourth-order valence-corrected chi connectivity index (χ4v) is 1.99. The maximum Gasteiger partial charge on any atom is 0.133 e. The summed E-state index contributed by atoms with van der Waals surface area (Å²) in [6, 6.07) is 15.0. The van der Waals surface area contributed by atoms with E-state index in [-0.39, 0.29) is 0 Å². The number of para-hydroxylation sites is 1. The lowest BCUT2D eigenvalue weighted by molar-refractivity contribution is 0.170. The fraction of sp³-hybridized carbons (Fsp3) is 0.294. The van der Waals surface area contributed by atoms with Gasteiger partial charge in [0.2, 0.25) is 0 Å². The van der Waals surface area contributed by atoms with Crippen LogP contribution in [0, 0.1) is 0 Å². The van der Waals surface area contributed by atoms with E-state index in [0.29, 0.717) is 24.5 Å². The van der Waals surface area contributed by atoms with Crippen LogP contribution in [0.5, 0.6) is 17.2 Å². The Hall–Kier alpha value is -2.00. The van der Waals surface area contributed by atoms with Gasteiger partial charge < -0.3 is 14.6 Å². The van der Waals surface area contributed by atoms with Crippen molar-refractivity contribution >= 4 is 0 Å². The summed E-state index contributed by atoms with van der Waals surface area (Å²) < 4.78 is 11.3. The smallest absolute Gasteiger partial charge is 0.133 e. The van der Waals surface area contributed by atoms with E-state index in [2.05, 4.69) is 0 Å². The van der Waals surface area contributed by atoms with Gasteiger partial charge in [0.25, 0.3) is 0 Å². The third-order valence-corrected chi connectivity index (χ3v) is 3.01. The number of aliphatic hydroxyl groups excluding tert-OH is 1. The molecule has 0 unspecified atom stereocenters. The summed E-state index contributed by atoms with van der Waals surface area (Å²) in [7, 11) is 0. The van der Waals surface area contributed by atoms with Gasteiger partial charge in [0.1, 0.15) is 17.2 Å². The molecule has 2 aromatic rings. The largest absolute Gasteiger partial charge is 0.494 e. The van der Waals surface area contributed by atoms with Crippen LogP contribution in [0.1, 0.15) is 31.9 Å². The number of hydrogen-bond acceptors (Lipinski definition) is 3. The molecule has 0 radical (unpaired) electrons. The van der Waals surface area contributed by atoms with Gasteiger partial charge in [0.15, 0.2) is 0 Å². The molecular weight excluding hydrogens is 252 g/mol. The first-order chi connectivity index (χ1) is 9.74. The molecular formula is C17H20O3. The second kappa shape index (κ2) is 6.96. The molecule has 2 rings (SSSR count). The molecule has 0 heterocycles. The highest BCUT2D eigenvalue weighted by Gasteiger charge is 2.11. The van der Waals surface area contributed by atoms with E-state index in [0.717, 1.165) is 11.3 Å². The molecule has 0 aliphatic carbocycles. The van der Waals surface area contributed by atoms with Crippen molar-refractivity contribution in [3.63, 3.8) is 0 Å². The Morgan fingerprint density at radius 2 is 1.75 bits per heavy atom. The number of aliphatic hydroxyl groups is 1. The zero-order valence-corrected chi connectivity index (χ0v) is 11.9. The molecule has 2 aromatic carbocycles. The number of benzene rings is 2. The van der Waals surface area contributed by atoms with Gasteiger partial charge >= 0.3 is 0 Å². The van der Waals surface area contributed by atoms with Crippen molar-refractivity contribution in [1.29, 1.82) is 0 Å². The summed E-state index contributed by atoms with van der Waals surface area (Å²) in [4.78, 5) is 0. The molecule has 0 aliphatic heterocycles. The van der Waals surface area contributed by atoms with Crippen LogP contribution in [0.4, 0.5) is 0 Å². The quantitative estimate of drug-likeness (QED) is 0.851. The monoisotopic (exact) mass is 272 g/mol. The lowest BCUT2D eigenvalue weighted by Crippen LogP contribution is -1.98. The maximum absolute atomic E-state index is 10.0. The molecule has 0 spiro atoms. The Bertz CT molecular complexity index is 551. The summed E-state index contributed by atoms with van der Waals surface area (Å²) in [6.07, 6.45) is 0.139. The molecule has 0 fully saturated rings. The van der Waals surface area contributed by atoms with Crippen LogP contribution >= 0.6 is 0 Å². The van der Waals surface area contributed by atoms with E-state index in [4.69, 9.17) is 9.47 Å². The van der Waals surface area contributed by atoms with Crippen molar-refractivity contribution in [1.82, 2.24) is 0 Å². The van der Waals surface area contributed by atoms with E-state index >= 15 is 0 Å². The van der Waals surface area contributed by atoms with Gasteiger partial charge in [0.05, 0.1) is 12.7 Å². The number of hydrogen-bond donors (Lipinski definition) is 1. The van der Waals surface area contributed by atoms with Crippen molar-refractivity contribution in [3.05, 3.63) is 54.1 Å². The van der Waals surface area contributed by atoms with Crippen LogP contribution in [0.15, 0.2) is 48.5 Å². The van der Waals surface area contributed by atoms with Gasteiger partial charge in [-0.1, -0.05) is 31.2 Å². The Labute approximate surface area is 119 Å². The number of rotatable bonds is 6. The molecule has 0 aliphatic rings. The van der Waals surface area contributed by atoms with Crippen LogP contribution in [0.3, 0.4) is 0 Å². The third kappa shape index (κ3) is 3.52. The van der Waals surface area contributed by atoms with Gasteiger partial charge in [-0.3, -0.25) is 0 Å². The minimum absolute atomic E-state index is 0.513. The number of ether oxygens (including phenoxy) is 2. The van der Waals surface area contributed by atoms with Crippen molar-refractivity contribution < 1.29 is 14.6 Å².